The van der Waals surface area contributed by atoms with Gasteiger partial charge in [0.05, 0.1) is 36.5 Å². The molecule has 4 aromatic rings. The summed E-state index contributed by atoms with van der Waals surface area (Å²) in [6.45, 7) is 8.50. The molecule has 0 radical (unpaired) electrons. The van der Waals surface area contributed by atoms with E-state index in [0.29, 0.717) is 5.56 Å². The number of fused-ring (bicyclic) bond motifs is 5. The van der Waals surface area contributed by atoms with Gasteiger partial charge in [0.2, 0.25) is 0 Å². The molecule has 346 valence electrons. The maximum atomic E-state index is 15.9. The van der Waals surface area contributed by atoms with Crippen molar-refractivity contribution < 1.29 is 62.7 Å². The lowest BCUT2D eigenvalue weighted by atomic mass is 9.44. The number of imidazole rings is 1. The number of hydrogen-bond donors (Lipinski definition) is 3. The van der Waals surface area contributed by atoms with Crippen molar-refractivity contribution >= 4 is 35.6 Å². The van der Waals surface area contributed by atoms with Crippen molar-refractivity contribution in [2.75, 3.05) is 6.61 Å². The Morgan fingerprint density at radius 3 is 2.03 bits per heavy atom. The van der Waals surface area contributed by atoms with Crippen molar-refractivity contribution in [1.29, 1.82) is 0 Å². The lowest BCUT2D eigenvalue weighted by Crippen LogP contribution is -2.81. The molecule has 1 aromatic heterocycles. The van der Waals surface area contributed by atoms with Crippen LogP contribution in [0.5, 0.6) is 0 Å². The molecule has 16 nitrogen and oxygen atoms in total. The van der Waals surface area contributed by atoms with Gasteiger partial charge in [0.1, 0.15) is 23.9 Å². The maximum absolute atomic E-state index is 15.9. The highest BCUT2D eigenvalue weighted by Crippen LogP contribution is 2.66. The predicted molar refractivity (Wildman–Crippen MR) is 233 cm³/mol. The van der Waals surface area contributed by atoms with Crippen LogP contribution in [-0.4, -0.2) is 104 Å². The molecule has 1 amide bonds. The molecule has 1 unspecified atom stereocenters. The fourth-order valence-electron chi connectivity index (χ4n) is 11.0. The smallest absolute Gasteiger partial charge is 0.338 e. The van der Waals surface area contributed by atoms with Gasteiger partial charge in [-0.3, -0.25) is 19.2 Å². The van der Waals surface area contributed by atoms with Crippen LogP contribution < -0.4 is 5.32 Å². The SMILES string of the molecule is CC(=O)O[C@H]1C(=O)[C@]2(C)C[C@@H](n3ccnc3)[C@H]3OC[C@@]3(OC(C)=O)C2[C@H](OC(=O)c2ccccc2)[C@]2(O)C[C@H](OC(=O)[C@H](O)[C@@H](NC(=O)c3ccccc3)c3ccccc3)C(C)=C1C2(C)C. The molecular formula is C50H53N3O13. The van der Waals surface area contributed by atoms with E-state index in [2.05, 4.69) is 10.3 Å². The van der Waals surface area contributed by atoms with Crippen LogP contribution in [0.1, 0.15) is 92.7 Å². The third kappa shape index (κ3) is 7.69. The summed E-state index contributed by atoms with van der Waals surface area (Å²) < 4.78 is 33.1. The van der Waals surface area contributed by atoms with E-state index in [-0.39, 0.29) is 35.3 Å². The molecule has 4 aliphatic rings. The minimum Gasteiger partial charge on any atom is -0.456 e. The zero-order valence-corrected chi connectivity index (χ0v) is 37.4. The predicted octanol–water partition coefficient (Wildman–Crippen LogP) is 4.81. The number of hydrogen-bond acceptors (Lipinski definition) is 14. The van der Waals surface area contributed by atoms with Crippen molar-refractivity contribution in [3.63, 3.8) is 0 Å². The first-order valence-electron chi connectivity index (χ1n) is 21.8. The number of aliphatic hydroxyl groups excluding tert-OH is 1. The number of ether oxygens (including phenoxy) is 5. The molecular weight excluding hydrogens is 851 g/mol. The number of ketones is 1. The van der Waals surface area contributed by atoms with E-state index in [0.717, 1.165) is 6.92 Å². The topological polar surface area (TPSA) is 219 Å². The van der Waals surface area contributed by atoms with Gasteiger partial charge in [-0.15, -0.1) is 0 Å². The number of Topliss-reactive ketones (excluding diaryl/α,β-unsaturated/α-hetero) is 1. The van der Waals surface area contributed by atoms with E-state index in [1.807, 2.05) is 0 Å². The number of amides is 1. The summed E-state index contributed by atoms with van der Waals surface area (Å²) in [5.74, 6) is -6.28. The lowest BCUT2D eigenvalue weighted by Gasteiger charge is -2.68. The van der Waals surface area contributed by atoms with E-state index in [4.69, 9.17) is 23.7 Å². The van der Waals surface area contributed by atoms with E-state index < -0.39 is 113 Å². The summed E-state index contributed by atoms with van der Waals surface area (Å²) in [7, 11) is 0. The molecule has 11 atom stereocenters. The molecule has 8 rings (SSSR count). The number of esters is 4. The molecule has 1 saturated heterocycles. The van der Waals surface area contributed by atoms with Crippen LogP contribution in [0.3, 0.4) is 0 Å². The van der Waals surface area contributed by atoms with Crippen molar-refractivity contribution in [3.05, 3.63) is 138 Å². The van der Waals surface area contributed by atoms with Crippen molar-refractivity contribution in [2.45, 2.75) is 108 Å². The Morgan fingerprint density at radius 1 is 0.848 bits per heavy atom. The molecule has 0 spiro atoms. The molecule has 66 heavy (non-hydrogen) atoms. The highest BCUT2D eigenvalue weighted by atomic mass is 16.6. The summed E-state index contributed by atoms with van der Waals surface area (Å²) in [4.78, 5) is 89.1. The first-order chi connectivity index (χ1) is 31.3. The monoisotopic (exact) mass is 903 g/mol. The highest BCUT2D eigenvalue weighted by molar-refractivity contribution is 5.96. The summed E-state index contributed by atoms with van der Waals surface area (Å²) in [5, 5.41) is 28.5. The first kappa shape index (κ1) is 46.1. The van der Waals surface area contributed by atoms with Gasteiger partial charge in [0.15, 0.2) is 23.6 Å². The van der Waals surface area contributed by atoms with Gasteiger partial charge < -0.3 is 43.8 Å². The molecule has 3 fully saturated rings. The fourth-order valence-corrected chi connectivity index (χ4v) is 11.0. The van der Waals surface area contributed by atoms with Crippen LogP contribution in [0.4, 0.5) is 0 Å². The van der Waals surface area contributed by atoms with Crippen molar-refractivity contribution in [1.82, 2.24) is 14.9 Å². The second kappa shape index (κ2) is 17.4. The Balaban J connectivity index is 1.29. The van der Waals surface area contributed by atoms with E-state index in [1.165, 1.54) is 19.1 Å². The molecule has 2 saturated carbocycles. The van der Waals surface area contributed by atoms with Gasteiger partial charge in [-0.25, -0.2) is 14.6 Å². The Hall–Kier alpha value is -6.49. The van der Waals surface area contributed by atoms with Gasteiger partial charge in [-0.05, 0) is 54.3 Å². The number of benzene rings is 3. The number of carbonyl (C=O) groups excluding carboxylic acids is 6. The van der Waals surface area contributed by atoms with Crippen LogP contribution in [-0.2, 0) is 42.9 Å². The summed E-state index contributed by atoms with van der Waals surface area (Å²) >= 11 is 0. The van der Waals surface area contributed by atoms with E-state index >= 15 is 4.79 Å². The lowest BCUT2D eigenvalue weighted by molar-refractivity contribution is -0.342. The number of nitrogens with zero attached hydrogens (tertiary/aromatic N) is 2. The summed E-state index contributed by atoms with van der Waals surface area (Å²) in [6.07, 6.45) is -3.64. The van der Waals surface area contributed by atoms with Gasteiger partial charge in [0, 0.05) is 49.1 Å². The quantitative estimate of drug-likeness (QED) is 0.105. The standard InChI is InChI=1S/C50H53N3O13/c1-28-35(64-46(60)38(56)37(31-16-10-7-11-17-31)52-44(58)32-18-12-8-13-19-32)25-50(61)43(65-45(59)33-20-14-9-15-21-33)40-48(6,41(57)39(63-29(2)54)36(28)47(50,4)5)24-34(53-23-22-51-27-53)42-49(40,26-62-42)66-30(3)55/h7-23,27,34-35,37-40,42-43,56,61H,24-26H2,1-6H3,(H,52,58)/t34-,35+,37+,38-,39-,40?,42-,43+,48-,49-,50-/m1/s1. The fraction of sp³-hybridized carbons (Fsp3) is 0.420. The largest absolute Gasteiger partial charge is 0.456 e. The molecule has 2 bridgehead atoms. The third-order valence-electron chi connectivity index (χ3n) is 14.2. The molecule has 16 heteroatoms. The Kier molecular flexibility index (Phi) is 12.1. The molecule has 3 aliphatic carbocycles. The van der Waals surface area contributed by atoms with Crippen LogP contribution in [0.25, 0.3) is 0 Å². The Morgan fingerprint density at radius 2 is 1.47 bits per heavy atom. The Labute approximate surface area is 381 Å². The van der Waals surface area contributed by atoms with Crippen LogP contribution in [0.2, 0.25) is 0 Å². The average Bonchev–Trinajstić information content (AvgIpc) is 3.83. The van der Waals surface area contributed by atoms with Crippen LogP contribution in [0, 0.1) is 16.7 Å². The normalized spacial score (nSPS) is 30.6. The minimum atomic E-state index is -2.33. The van der Waals surface area contributed by atoms with Crippen molar-refractivity contribution in [3.8, 4) is 0 Å². The molecule has 3 N–H and O–H groups in total. The Bertz CT molecular complexity index is 2550. The number of nitrogens with one attached hydrogen (secondary N) is 1. The van der Waals surface area contributed by atoms with Gasteiger partial charge in [-0.2, -0.15) is 0 Å². The van der Waals surface area contributed by atoms with E-state index in [9.17, 15) is 34.2 Å². The second-order valence-electron chi connectivity index (χ2n) is 18.5. The highest BCUT2D eigenvalue weighted by Gasteiger charge is 2.78. The molecule has 2 heterocycles. The van der Waals surface area contributed by atoms with Crippen LogP contribution >= 0.6 is 0 Å². The summed E-state index contributed by atoms with van der Waals surface area (Å²) in [5.41, 5.74) is -6.36. The van der Waals surface area contributed by atoms with Gasteiger partial charge in [0.25, 0.3) is 5.91 Å². The van der Waals surface area contributed by atoms with Gasteiger partial charge >= 0.3 is 23.9 Å². The number of carbonyl (C=O) groups is 6. The maximum Gasteiger partial charge on any atom is 0.338 e. The number of rotatable bonds is 11. The van der Waals surface area contributed by atoms with Crippen molar-refractivity contribution in [2.24, 2.45) is 16.7 Å². The number of aliphatic hydroxyl groups is 2. The first-order valence-corrected chi connectivity index (χ1v) is 21.8. The van der Waals surface area contributed by atoms with Gasteiger partial charge in [-0.1, -0.05) is 87.5 Å². The molecule has 1 aliphatic heterocycles. The minimum absolute atomic E-state index is 0.0410. The van der Waals surface area contributed by atoms with E-state index in [1.54, 1.807) is 130 Å². The number of aromatic nitrogens is 2. The zero-order chi connectivity index (χ0) is 47.3. The summed E-state index contributed by atoms with van der Waals surface area (Å²) in [6, 6.07) is 22.6. The average molecular weight is 904 g/mol. The molecule has 3 aromatic carbocycles. The van der Waals surface area contributed by atoms with Crippen LogP contribution in [0.15, 0.2) is 121 Å². The second-order valence-corrected chi connectivity index (χ2v) is 18.5. The third-order valence-corrected chi connectivity index (χ3v) is 14.2. The zero-order valence-electron chi connectivity index (χ0n) is 37.4.